The summed E-state index contributed by atoms with van der Waals surface area (Å²) in [5.41, 5.74) is 2.80. The van der Waals surface area contributed by atoms with Crippen LogP contribution >= 0.6 is 11.6 Å². The normalized spacial score (nSPS) is 10.8. The Kier molecular flexibility index (Phi) is 2.64. The number of benzene rings is 1. The topological polar surface area (TPSA) is 42.2 Å². The van der Waals surface area contributed by atoms with Gasteiger partial charge < -0.3 is 5.32 Å². The first kappa shape index (κ1) is 11.0. The summed E-state index contributed by atoms with van der Waals surface area (Å²) < 4.78 is 1.73. The van der Waals surface area contributed by atoms with Crippen LogP contribution in [0.25, 0.3) is 5.65 Å². The Morgan fingerprint density at radius 1 is 1.17 bits per heavy atom. The third kappa shape index (κ3) is 1.91. The molecule has 4 nitrogen and oxygen atoms in total. The summed E-state index contributed by atoms with van der Waals surface area (Å²) in [6.07, 6.45) is 3.45. The van der Waals surface area contributed by atoms with E-state index in [-0.39, 0.29) is 0 Å². The van der Waals surface area contributed by atoms with Gasteiger partial charge in [0.05, 0.1) is 16.9 Å². The lowest BCUT2D eigenvalue weighted by Crippen LogP contribution is -2.01. The Bertz CT molecular complexity index is 705. The quantitative estimate of drug-likeness (QED) is 0.766. The van der Waals surface area contributed by atoms with E-state index in [9.17, 15) is 0 Å². The maximum absolute atomic E-state index is 6.16. The number of halogens is 1. The Hall–Kier alpha value is -2.07. The molecule has 0 saturated carbocycles. The van der Waals surface area contributed by atoms with Crippen molar-refractivity contribution >= 4 is 28.8 Å². The number of aryl methyl sites for hydroxylation is 1. The molecule has 0 spiro atoms. The van der Waals surface area contributed by atoms with Gasteiger partial charge in [0.2, 0.25) is 0 Å². The first-order valence-corrected chi connectivity index (χ1v) is 5.94. The van der Waals surface area contributed by atoms with Gasteiger partial charge in [0.1, 0.15) is 5.82 Å². The molecule has 0 saturated heterocycles. The van der Waals surface area contributed by atoms with E-state index in [0.29, 0.717) is 5.02 Å². The van der Waals surface area contributed by atoms with E-state index < -0.39 is 0 Å². The van der Waals surface area contributed by atoms with Crippen molar-refractivity contribution in [2.45, 2.75) is 6.92 Å². The predicted molar refractivity (Wildman–Crippen MR) is 72.5 cm³/mol. The van der Waals surface area contributed by atoms with Crippen LogP contribution in [0.15, 0.2) is 42.7 Å². The minimum absolute atomic E-state index is 0.678. The van der Waals surface area contributed by atoms with E-state index in [4.69, 9.17) is 11.6 Å². The van der Waals surface area contributed by atoms with Gasteiger partial charge in [-0.05, 0) is 30.7 Å². The van der Waals surface area contributed by atoms with Gasteiger partial charge in [-0.3, -0.25) is 0 Å². The summed E-state index contributed by atoms with van der Waals surface area (Å²) in [6, 6.07) is 9.56. The van der Waals surface area contributed by atoms with E-state index in [1.54, 1.807) is 16.9 Å². The van der Waals surface area contributed by atoms with Crippen molar-refractivity contribution in [1.82, 2.24) is 14.6 Å². The molecule has 0 atom stereocenters. The molecule has 5 heteroatoms. The number of hydrogen-bond donors (Lipinski definition) is 1. The molecule has 0 radical (unpaired) electrons. The maximum atomic E-state index is 6.16. The second-order valence-electron chi connectivity index (χ2n) is 4.04. The van der Waals surface area contributed by atoms with Crippen LogP contribution in [0, 0.1) is 6.92 Å². The third-order valence-electron chi connectivity index (χ3n) is 2.67. The molecule has 90 valence electrons. The molecule has 3 aromatic rings. The molecule has 2 heterocycles. The summed E-state index contributed by atoms with van der Waals surface area (Å²) >= 11 is 6.16. The highest BCUT2D eigenvalue weighted by atomic mass is 35.5. The van der Waals surface area contributed by atoms with Crippen LogP contribution in [0.4, 0.5) is 11.5 Å². The van der Waals surface area contributed by atoms with Crippen LogP contribution in [-0.2, 0) is 0 Å². The Balaban J connectivity index is 2.06. The van der Waals surface area contributed by atoms with Crippen molar-refractivity contribution in [1.29, 1.82) is 0 Å². The zero-order valence-electron chi connectivity index (χ0n) is 9.76. The van der Waals surface area contributed by atoms with Crippen molar-refractivity contribution < 1.29 is 0 Å². The average molecular weight is 259 g/mol. The van der Waals surface area contributed by atoms with Crippen LogP contribution in [0.2, 0.25) is 5.02 Å². The maximum Gasteiger partial charge on any atom is 0.157 e. The van der Waals surface area contributed by atoms with Gasteiger partial charge in [-0.15, -0.1) is 0 Å². The van der Waals surface area contributed by atoms with E-state index in [1.165, 1.54) is 0 Å². The van der Waals surface area contributed by atoms with E-state index in [1.807, 2.05) is 37.3 Å². The van der Waals surface area contributed by atoms with Crippen molar-refractivity contribution in [2.24, 2.45) is 0 Å². The third-order valence-corrected chi connectivity index (χ3v) is 3.00. The summed E-state index contributed by atoms with van der Waals surface area (Å²) in [7, 11) is 0. The van der Waals surface area contributed by atoms with Gasteiger partial charge in [-0.25, -0.2) is 4.98 Å². The minimum Gasteiger partial charge on any atom is -0.339 e. The Morgan fingerprint density at radius 3 is 2.94 bits per heavy atom. The molecule has 0 aliphatic rings. The van der Waals surface area contributed by atoms with Crippen molar-refractivity contribution in [2.75, 3.05) is 5.32 Å². The summed E-state index contributed by atoms with van der Waals surface area (Å²) in [5.74, 6) is 0.831. The number of rotatable bonds is 2. The molecular formula is C13H11ClN4. The van der Waals surface area contributed by atoms with Gasteiger partial charge >= 0.3 is 0 Å². The fourth-order valence-corrected chi connectivity index (χ4v) is 1.97. The van der Waals surface area contributed by atoms with Crippen molar-refractivity contribution in [3.8, 4) is 0 Å². The standard InChI is InChI=1S/C13H11ClN4/c1-9-2-3-10(14)11(8-9)17-13-4-6-15-12-5-7-16-18(12)13/h2-8,17H,1H3. The first-order chi connectivity index (χ1) is 8.74. The highest BCUT2D eigenvalue weighted by molar-refractivity contribution is 6.33. The van der Waals surface area contributed by atoms with E-state index >= 15 is 0 Å². The number of nitrogens with one attached hydrogen (secondary N) is 1. The largest absolute Gasteiger partial charge is 0.339 e. The molecule has 0 unspecified atom stereocenters. The predicted octanol–water partition coefficient (Wildman–Crippen LogP) is 3.43. The molecule has 18 heavy (non-hydrogen) atoms. The number of anilines is 2. The Morgan fingerprint density at radius 2 is 2.06 bits per heavy atom. The van der Waals surface area contributed by atoms with Crippen LogP contribution in [-0.4, -0.2) is 14.6 Å². The van der Waals surface area contributed by atoms with Gasteiger partial charge in [0, 0.05) is 12.3 Å². The molecule has 0 aliphatic carbocycles. The smallest absolute Gasteiger partial charge is 0.157 e. The summed E-state index contributed by atoms with van der Waals surface area (Å²) in [5, 5.41) is 8.16. The summed E-state index contributed by atoms with van der Waals surface area (Å²) in [6.45, 7) is 2.03. The second-order valence-corrected chi connectivity index (χ2v) is 4.45. The highest BCUT2D eigenvalue weighted by Crippen LogP contribution is 2.26. The minimum atomic E-state index is 0.678. The van der Waals surface area contributed by atoms with Gasteiger partial charge in [0.25, 0.3) is 0 Å². The molecule has 0 bridgehead atoms. The molecule has 0 aliphatic heterocycles. The van der Waals surface area contributed by atoms with Crippen molar-refractivity contribution in [3.05, 3.63) is 53.3 Å². The van der Waals surface area contributed by atoms with Gasteiger partial charge in [0.15, 0.2) is 5.65 Å². The Labute approximate surface area is 109 Å². The molecule has 3 rings (SSSR count). The van der Waals surface area contributed by atoms with Crippen LogP contribution in [0.3, 0.4) is 0 Å². The molecule has 0 amide bonds. The lowest BCUT2D eigenvalue weighted by Gasteiger charge is -2.10. The second kappa shape index (κ2) is 4.31. The van der Waals surface area contributed by atoms with Crippen LogP contribution in [0.1, 0.15) is 5.56 Å². The summed E-state index contributed by atoms with van der Waals surface area (Å²) in [4.78, 5) is 4.21. The van der Waals surface area contributed by atoms with Crippen molar-refractivity contribution in [3.63, 3.8) is 0 Å². The molecule has 1 N–H and O–H groups in total. The zero-order chi connectivity index (χ0) is 12.5. The van der Waals surface area contributed by atoms with Crippen LogP contribution < -0.4 is 5.32 Å². The zero-order valence-corrected chi connectivity index (χ0v) is 10.5. The first-order valence-electron chi connectivity index (χ1n) is 5.56. The fourth-order valence-electron chi connectivity index (χ4n) is 1.80. The lowest BCUT2D eigenvalue weighted by molar-refractivity contribution is 0.947. The number of nitrogens with zero attached hydrogens (tertiary/aromatic N) is 3. The lowest BCUT2D eigenvalue weighted by atomic mass is 10.2. The highest BCUT2D eigenvalue weighted by Gasteiger charge is 2.05. The number of fused-ring (bicyclic) bond motifs is 1. The molecule has 0 fully saturated rings. The van der Waals surface area contributed by atoms with E-state index in [0.717, 1.165) is 22.7 Å². The van der Waals surface area contributed by atoms with E-state index in [2.05, 4.69) is 15.4 Å². The number of aromatic nitrogens is 3. The molecular weight excluding hydrogens is 248 g/mol. The van der Waals surface area contributed by atoms with Gasteiger partial charge in [-0.2, -0.15) is 9.61 Å². The van der Waals surface area contributed by atoms with Crippen LogP contribution in [0.5, 0.6) is 0 Å². The number of hydrogen-bond acceptors (Lipinski definition) is 3. The SMILES string of the molecule is Cc1ccc(Cl)c(Nc2ccnc3ccnn23)c1. The molecule has 1 aromatic carbocycles. The monoisotopic (exact) mass is 258 g/mol. The fraction of sp³-hybridized carbons (Fsp3) is 0.0769. The average Bonchev–Trinajstić information content (AvgIpc) is 2.83. The van der Waals surface area contributed by atoms with Gasteiger partial charge in [-0.1, -0.05) is 17.7 Å². The molecule has 2 aromatic heterocycles.